The average molecular weight is 370 g/mol. The number of rotatable bonds is 5. The van der Waals surface area contributed by atoms with Gasteiger partial charge in [-0.3, -0.25) is 4.79 Å². The van der Waals surface area contributed by atoms with Gasteiger partial charge in [0.1, 0.15) is 0 Å². The minimum atomic E-state index is 0.0875. The maximum absolute atomic E-state index is 12.8. The van der Waals surface area contributed by atoms with E-state index < -0.39 is 0 Å². The molecule has 1 saturated heterocycles. The Bertz CT molecular complexity index is 779. The topological polar surface area (TPSA) is 39.3 Å². The Hall–Kier alpha value is -1.81. The van der Waals surface area contributed by atoms with Gasteiger partial charge >= 0.3 is 0 Å². The zero-order valence-electron chi connectivity index (χ0n) is 17.6. The van der Waals surface area contributed by atoms with Crippen molar-refractivity contribution in [2.24, 2.45) is 0 Å². The monoisotopic (exact) mass is 369 g/mol. The summed E-state index contributed by atoms with van der Waals surface area (Å²) < 4.78 is 0. The summed E-state index contributed by atoms with van der Waals surface area (Å²) in [5.41, 5.74) is 3.51. The zero-order valence-corrected chi connectivity index (χ0v) is 17.6. The van der Waals surface area contributed by atoms with Gasteiger partial charge in [0.25, 0.3) is 0 Å². The van der Waals surface area contributed by atoms with E-state index in [1.807, 2.05) is 6.92 Å². The Kier molecular flexibility index (Phi) is 5.95. The van der Waals surface area contributed by atoms with E-state index in [9.17, 15) is 4.79 Å². The zero-order chi connectivity index (χ0) is 19.6. The van der Waals surface area contributed by atoms with Crippen LogP contribution in [0, 0.1) is 0 Å². The molecule has 0 radical (unpaired) electrons. The van der Waals surface area contributed by atoms with Crippen LogP contribution in [0.3, 0.4) is 0 Å². The highest BCUT2D eigenvalue weighted by atomic mass is 16.2. The summed E-state index contributed by atoms with van der Waals surface area (Å²) in [5, 5.41) is 1.19. The van der Waals surface area contributed by atoms with Crippen LogP contribution in [0.1, 0.15) is 66.0 Å². The number of benzene rings is 1. The standard InChI is InChI=1S/C23H35N3O/c1-6-12-25-13-10-18(11-14-25)26(22(27)7-2)19-8-9-20-17(15-19)16-21(24-20)23(3,4)5/h8-9,15-16,18,24H,6-7,10-14H2,1-5H3. The molecule has 3 rings (SSSR count). The van der Waals surface area contributed by atoms with E-state index in [2.05, 4.69) is 66.7 Å². The van der Waals surface area contributed by atoms with Crippen molar-refractivity contribution >= 4 is 22.5 Å². The number of hydrogen-bond donors (Lipinski definition) is 1. The van der Waals surface area contributed by atoms with Crippen LogP contribution in [0.2, 0.25) is 0 Å². The molecule has 1 fully saturated rings. The summed E-state index contributed by atoms with van der Waals surface area (Å²) in [4.78, 5) is 21.0. The number of piperidine rings is 1. The van der Waals surface area contributed by atoms with Gasteiger partial charge in [0.15, 0.2) is 0 Å². The molecule has 0 unspecified atom stereocenters. The molecule has 1 N–H and O–H groups in total. The SMILES string of the molecule is CCCN1CCC(N(C(=O)CC)c2ccc3[nH]c(C(C)(C)C)cc3c2)CC1. The molecule has 0 atom stereocenters. The maximum Gasteiger partial charge on any atom is 0.226 e. The fourth-order valence-electron chi connectivity index (χ4n) is 4.12. The third kappa shape index (κ3) is 4.37. The van der Waals surface area contributed by atoms with E-state index in [0.29, 0.717) is 12.5 Å². The van der Waals surface area contributed by atoms with Gasteiger partial charge in [0.2, 0.25) is 5.91 Å². The molecule has 1 aromatic heterocycles. The lowest BCUT2D eigenvalue weighted by Crippen LogP contribution is -2.47. The van der Waals surface area contributed by atoms with Crippen LogP contribution < -0.4 is 4.90 Å². The number of anilines is 1. The van der Waals surface area contributed by atoms with Gasteiger partial charge in [0, 0.05) is 53.3 Å². The number of nitrogens with one attached hydrogen (secondary N) is 1. The summed E-state index contributed by atoms with van der Waals surface area (Å²) >= 11 is 0. The van der Waals surface area contributed by atoms with Gasteiger partial charge in [-0.2, -0.15) is 0 Å². The fourth-order valence-corrected chi connectivity index (χ4v) is 4.12. The first-order chi connectivity index (χ1) is 12.8. The molecule has 1 aliphatic heterocycles. The van der Waals surface area contributed by atoms with E-state index in [0.717, 1.165) is 37.1 Å². The molecule has 1 amide bonds. The highest BCUT2D eigenvalue weighted by Crippen LogP contribution is 2.31. The molecule has 1 aromatic carbocycles. The lowest BCUT2D eigenvalue weighted by molar-refractivity contribution is -0.119. The second-order valence-electron chi connectivity index (χ2n) is 8.89. The first-order valence-corrected chi connectivity index (χ1v) is 10.5. The maximum atomic E-state index is 12.8. The minimum Gasteiger partial charge on any atom is -0.358 e. The smallest absolute Gasteiger partial charge is 0.226 e. The Balaban J connectivity index is 1.88. The number of amides is 1. The van der Waals surface area contributed by atoms with Crippen molar-refractivity contribution in [1.82, 2.24) is 9.88 Å². The number of aromatic nitrogens is 1. The van der Waals surface area contributed by atoms with Crippen LogP contribution in [0.4, 0.5) is 5.69 Å². The van der Waals surface area contributed by atoms with Crippen LogP contribution in [-0.4, -0.2) is 41.5 Å². The molecule has 1 aliphatic rings. The van der Waals surface area contributed by atoms with Crippen molar-refractivity contribution in [2.75, 3.05) is 24.5 Å². The summed E-state index contributed by atoms with van der Waals surface area (Å²) in [5.74, 6) is 0.231. The second-order valence-corrected chi connectivity index (χ2v) is 8.89. The van der Waals surface area contributed by atoms with Gasteiger partial charge in [-0.1, -0.05) is 34.6 Å². The Morgan fingerprint density at radius 2 is 1.89 bits per heavy atom. The molecule has 4 nitrogen and oxygen atoms in total. The first-order valence-electron chi connectivity index (χ1n) is 10.5. The summed E-state index contributed by atoms with van der Waals surface area (Å²) in [6.45, 7) is 14.2. The summed E-state index contributed by atoms with van der Waals surface area (Å²) in [7, 11) is 0. The van der Waals surface area contributed by atoms with Crippen LogP contribution in [0.5, 0.6) is 0 Å². The molecular formula is C23H35N3O. The van der Waals surface area contributed by atoms with Crippen molar-refractivity contribution in [3.05, 3.63) is 30.0 Å². The first kappa shape index (κ1) is 19.9. The number of likely N-dealkylation sites (tertiary alicyclic amines) is 1. The minimum absolute atomic E-state index is 0.0875. The lowest BCUT2D eigenvalue weighted by atomic mass is 9.92. The van der Waals surface area contributed by atoms with E-state index in [1.54, 1.807) is 0 Å². The predicted octanol–water partition coefficient (Wildman–Crippen LogP) is 5.08. The predicted molar refractivity (Wildman–Crippen MR) is 115 cm³/mol. The number of carbonyl (C=O) groups is 1. The average Bonchev–Trinajstić information content (AvgIpc) is 3.07. The van der Waals surface area contributed by atoms with E-state index in [-0.39, 0.29) is 11.3 Å². The number of fused-ring (bicyclic) bond motifs is 1. The Morgan fingerprint density at radius 3 is 2.48 bits per heavy atom. The summed E-state index contributed by atoms with van der Waals surface area (Å²) in [6, 6.07) is 8.97. The molecule has 0 saturated carbocycles. The van der Waals surface area contributed by atoms with Gasteiger partial charge in [-0.25, -0.2) is 0 Å². The third-order valence-electron chi connectivity index (χ3n) is 5.72. The van der Waals surface area contributed by atoms with Crippen molar-refractivity contribution < 1.29 is 4.79 Å². The number of hydrogen-bond acceptors (Lipinski definition) is 2. The normalized spacial score (nSPS) is 16.8. The number of nitrogens with zero attached hydrogens (tertiary/aromatic N) is 2. The third-order valence-corrected chi connectivity index (χ3v) is 5.72. The highest BCUT2D eigenvalue weighted by Gasteiger charge is 2.28. The Morgan fingerprint density at radius 1 is 1.19 bits per heavy atom. The molecule has 2 heterocycles. The second kappa shape index (κ2) is 8.05. The summed E-state index contributed by atoms with van der Waals surface area (Å²) in [6.07, 6.45) is 3.87. The van der Waals surface area contributed by atoms with Gasteiger partial charge in [-0.15, -0.1) is 0 Å². The van der Waals surface area contributed by atoms with Crippen LogP contribution in [-0.2, 0) is 10.2 Å². The number of aromatic amines is 1. The van der Waals surface area contributed by atoms with Crippen molar-refractivity contribution in [3.8, 4) is 0 Å². The molecule has 4 heteroatoms. The number of H-pyrrole nitrogens is 1. The molecule has 27 heavy (non-hydrogen) atoms. The van der Waals surface area contributed by atoms with Crippen molar-refractivity contribution in [2.45, 2.75) is 71.8 Å². The molecule has 0 aliphatic carbocycles. The van der Waals surface area contributed by atoms with Crippen molar-refractivity contribution in [1.29, 1.82) is 0 Å². The molecule has 0 spiro atoms. The largest absolute Gasteiger partial charge is 0.358 e. The van der Waals surface area contributed by atoms with Gasteiger partial charge in [0.05, 0.1) is 0 Å². The molecule has 0 bridgehead atoms. The van der Waals surface area contributed by atoms with Gasteiger partial charge < -0.3 is 14.8 Å². The number of carbonyl (C=O) groups excluding carboxylic acids is 1. The van der Waals surface area contributed by atoms with Crippen LogP contribution in [0.25, 0.3) is 10.9 Å². The molecular weight excluding hydrogens is 334 g/mol. The van der Waals surface area contributed by atoms with E-state index in [4.69, 9.17) is 0 Å². The quantitative estimate of drug-likeness (QED) is 0.798. The van der Waals surface area contributed by atoms with Crippen LogP contribution >= 0.6 is 0 Å². The lowest BCUT2D eigenvalue weighted by Gasteiger charge is -2.38. The molecule has 2 aromatic rings. The van der Waals surface area contributed by atoms with Gasteiger partial charge in [-0.05, 0) is 50.1 Å². The molecule has 148 valence electrons. The fraction of sp³-hybridized carbons (Fsp3) is 0.609. The van der Waals surface area contributed by atoms with E-state index in [1.165, 1.54) is 24.0 Å². The van der Waals surface area contributed by atoms with Crippen molar-refractivity contribution in [3.63, 3.8) is 0 Å². The Labute approximate surface area is 163 Å². The van der Waals surface area contributed by atoms with E-state index >= 15 is 0 Å². The van der Waals surface area contributed by atoms with Crippen LogP contribution in [0.15, 0.2) is 24.3 Å². The highest BCUT2D eigenvalue weighted by molar-refractivity contribution is 5.96.